The third-order valence-electron chi connectivity index (χ3n) is 3.46. The summed E-state index contributed by atoms with van der Waals surface area (Å²) in [6.07, 6.45) is 5.67. The van der Waals surface area contributed by atoms with Crippen LogP contribution in [0, 0.1) is 0 Å². The van der Waals surface area contributed by atoms with Crippen molar-refractivity contribution in [1.29, 1.82) is 0 Å². The number of hydrogen-bond acceptors (Lipinski definition) is 5. The molecule has 0 aliphatic carbocycles. The molecule has 1 unspecified atom stereocenters. The number of aromatic nitrogens is 5. The molecule has 0 bridgehead atoms. The molecule has 1 N–H and O–H groups in total. The highest BCUT2D eigenvalue weighted by atomic mass is 16.2. The molecule has 7 nitrogen and oxygen atoms in total. The number of hydrogen-bond donors (Lipinski definition) is 1. The van der Waals surface area contributed by atoms with Crippen molar-refractivity contribution in [3.05, 3.63) is 72.3 Å². The quantitative estimate of drug-likeness (QED) is 0.734. The normalized spacial score (nSPS) is 11.8. The lowest BCUT2D eigenvalue weighted by molar-refractivity contribution is -0.123. The fraction of sp³-hybridized carbons (Fsp3) is 0.188. The van der Waals surface area contributed by atoms with Crippen molar-refractivity contribution in [2.24, 2.45) is 0 Å². The van der Waals surface area contributed by atoms with E-state index in [1.54, 1.807) is 12.4 Å². The molecule has 7 heteroatoms. The van der Waals surface area contributed by atoms with Crippen LogP contribution in [-0.4, -0.2) is 37.6 Å². The smallest absolute Gasteiger partial charge is 0.249 e. The second kappa shape index (κ2) is 7.26. The maximum atomic E-state index is 12.6. The van der Waals surface area contributed by atoms with Crippen LogP contribution in [0.4, 0.5) is 0 Å². The van der Waals surface area contributed by atoms with Crippen LogP contribution < -0.4 is 5.32 Å². The molecule has 1 aromatic carbocycles. The van der Waals surface area contributed by atoms with Gasteiger partial charge in [0.2, 0.25) is 5.91 Å². The second-order valence-corrected chi connectivity index (χ2v) is 5.00. The Hall–Kier alpha value is -3.09. The summed E-state index contributed by atoms with van der Waals surface area (Å²) in [5.41, 5.74) is 1.96. The third kappa shape index (κ3) is 3.76. The number of pyridine rings is 1. The monoisotopic (exact) mass is 308 g/mol. The SMILES string of the molecule is O=C(NCCc1ccncc1)C(c1ccccc1)n1cnnn1. The van der Waals surface area contributed by atoms with Crippen LogP contribution in [0.3, 0.4) is 0 Å². The van der Waals surface area contributed by atoms with Crippen LogP contribution in [0.1, 0.15) is 17.2 Å². The van der Waals surface area contributed by atoms with Gasteiger partial charge in [0.1, 0.15) is 6.33 Å². The topological polar surface area (TPSA) is 85.6 Å². The van der Waals surface area contributed by atoms with Crippen molar-refractivity contribution in [3.63, 3.8) is 0 Å². The minimum atomic E-state index is -0.580. The molecule has 0 saturated carbocycles. The first kappa shape index (κ1) is 14.8. The van der Waals surface area contributed by atoms with Crippen molar-refractivity contribution >= 4 is 5.91 Å². The lowest BCUT2D eigenvalue weighted by atomic mass is 10.1. The average Bonchev–Trinajstić information content (AvgIpc) is 3.11. The number of benzene rings is 1. The molecule has 0 aliphatic heterocycles. The average molecular weight is 308 g/mol. The molecule has 2 heterocycles. The van der Waals surface area contributed by atoms with Crippen molar-refractivity contribution in [2.75, 3.05) is 6.54 Å². The zero-order valence-electron chi connectivity index (χ0n) is 12.4. The molecule has 1 amide bonds. The molecule has 0 radical (unpaired) electrons. The molecule has 116 valence electrons. The lowest BCUT2D eigenvalue weighted by Crippen LogP contribution is -2.34. The summed E-state index contributed by atoms with van der Waals surface area (Å²) in [6, 6.07) is 12.7. The number of nitrogens with one attached hydrogen (secondary N) is 1. The number of carbonyl (C=O) groups excluding carboxylic acids is 1. The largest absolute Gasteiger partial charge is 0.354 e. The first-order valence-electron chi connectivity index (χ1n) is 7.28. The molecular weight excluding hydrogens is 292 g/mol. The Balaban J connectivity index is 1.69. The molecule has 2 aromatic heterocycles. The number of tetrazole rings is 1. The zero-order valence-corrected chi connectivity index (χ0v) is 12.4. The van der Waals surface area contributed by atoms with E-state index in [0.717, 1.165) is 17.5 Å². The van der Waals surface area contributed by atoms with E-state index in [4.69, 9.17) is 0 Å². The van der Waals surface area contributed by atoms with Gasteiger partial charge < -0.3 is 5.32 Å². The highest BCUT2D eigenvalue weighted by Gasteiger charge is 2.23. The van der Waals surface area contributed by atoms with Gasteiger partial charge in [-0.05, 0) is 40.1 Å². The molecule has 0 saturated heterocycles. The van der Waals surface area contributed by atoms with Gasteiger partial charge in [-0.25, -0.2) is 4.68 Å². The highest BCUT2D eigenvalue weighted by molar-refractivity contribution is 5.83. The van der Waals surface area contributed by atoms with Gasteiger partial charge in [-0.2, -0.15) is 0 Å². The fourth-order valence-electron chi connectivity index (χ4n) is 2.32. The standard InChI is InChI=1S/C16H16N6O/c23-16(18-11-8-13-6-9-17-10-7-13)15(22-12-19-20-21-22)14-4-2-1-3-5-14/h1-7,9-10,12,15H,8,11H2,(H,18,23). The predicted octanol–water partition coefficient (Wildman–Crippen LogP) is 1.02. The Morgan fingerprint density at radius 2 is 1.91 bits per heavy atom. The van der Waals surface area contributed by atoms with Crippen molar-refractivity contribution in [3.8, 4) is 0 Å². The first-order valence-corrected chi connectivity index (χ1v) is 7.28. The third-order valence-corrected chi connectivity index (χ3v) is 3.46. The Morgan fingerprint density at radius 3 is 2.61 bits per heavy atom. The van der Waals surface area contributed by atoms with E-state index < -0.39 is 6.04 Å². The Morgan fingerprint density at radius 1 is 1.13 bits per heavy atom. The van der Waals surface area contributed by atoms with Gasteiger partial charge >= 0.3 is 0 Å². The van der Waals surface area contributed by atoms with E-state index in [1.165, 1.54) is 11.0 Å². The van der Waals surface area contributed by atoms with Crippen molar-refractivity contribution < 1.29 is 4.79 Å². The van der Waals surface area contributed by atoms with Gasteiger partial charge in [0.25, 0.3) is 0 Å². The predicted molar refractivity (Wildman–Crippen MR) is 83.3 cm³/mol. The number of nitrogens with zero attached hydrogens (tertiary/aromatic N) is 5. The van der Waals surface area contributed by atoms with E-state index in [1.807, 2.05) is 42.5 Å². The van der Waals surface area contributed by atoms with Gasteiger partial charge in [0.15, 0.2) is 6.04 Å². The van der Waals surface area contributed by atoms with Gasteiger partial charge in [-0.3, -0.25) is 9.78 Å². The van der Waals surface area contributed by atoms with E-state index >= 15 is 0 Å². The summed E-state index contributed by atoms with van der Waals surface area (Å²) in [6.45, 7) is 0.536. The number of carbonyl (C=O) groups is 1. The summed E-state index contributed by atoms with van der Waals surface area (Å²) in [4.78, 5) is 16.6. The van der Waals surface area contributed by atoms with Crippen LogP contribution >= 0.6 is 0 Å². The molecule has 0 fully saturated rings. The molecule has 1 atom stereocenters. The van der Waals surface area contributed by atoms with Gasteiger partial charge in [0, 0.05) is 18.9 Å². The molecule has 0 aliphatic rings. The molecule has 23 heavy (non-hydrogen) atoms. The molecule has 3 aromatic rings. The van der Waals surface area contributed by atoms with Gasteiger partial charge in [-0.15, -0.1) is 5.10 Å². The summed E-state index contributed by atoms with van der Waals surface area (Å²) < 4.78 is 1.46. The summed E-state index contributed by atoms with van der Waals surface area (Å²) in [5.74, 6) is -0.141. The lowest BCUT2D eigenvalue weighted by Gasteiger charge is -2.16. The molecular formula is C16H16N6O. The first-order chi connectivity index (χ1) is 11.3. The van der Waals surface area contributed by atoms with Crippen LogP contribution in [0.15, 0.2) is 61.2 Å². The minimum Gasteiger partial charge on any atom is -0.354 e. The molecule has 0 spiro atoms. The summed E-state index contributed by atoms with van der Waals surface area (Å²) >= 11 is 0. The van der Waals surface area contributed by atoms with Crippen molar-refractivity contribution in [1.82, 2.24) is 30.5 Å². The van der Waals surface area contributed by atoms with E-state index in [9.17, 15) is 4.79 Å². The van der Waals surface area contributed by atoms with Crippen LogP contribution in [-0.2, 0) is 11.2 Å². The maximum absolute atomic E-state index is 12.6. The van der Waals surface area contributed by atoms with Crippen LogP contribution in [0.2, 0.25) is 0 Å². The summed E-state index contributed by atoms with van der Waals surface area (Å²) in [5, 5.41) is 14.1. The van der Waals surface area contributed by atoms with Crippen LogP contribution in [0.5, 0.6) is 0 Å². The van der Waals surface area contributed by atoms with Gasteiger partial charge in [0.05, 0.1) is 0 Å². The Bertz CT molecular complexity index is 730. The minimum absolute atomic E-state index is 0.141. The van der Waals surface area contributed by atoms with Crippen LogP contribution in [0.25, 0.3) is 0 Å². The van der Waals surface area contributed by atoms with E-state index in [0.29, 0.717) is 6.54 Å². The van der Waals surface area contributed by atoms with Crippen molar-refractivity contribution in [2.45, 2.75) is 12.5 Å². The fourth-order valence-corrected chi connectivity index (χ4v) is 2.32. The Labute approximate surface area is 133 Å². The van der Waals surface area contributed by atoms with Gasteiger partial charge in [-0.1, -0.05) is 30.3 Å². The number of amides is 1. The van der Waals surface area contributed by atoms with E-state index in [-0.39, 0.29) is 5.91 Å². The Kier molecular flexibility index (Phi) is 4.68. The maximum Gasteiger partial charge on any atom is 0.249 e. The highest BCUT2D eigenvalue weighted by Crippen LogP contribution is 2.16. The van der Waals surface area contributed by atoms with E-state index in [2.05, 4.69) is 25.8 Å². The second-order valence-electron chi connectivity index (χ2n) is 5.00. The summed E-state index contributed by atoms with van der Waals surface area (Å²) in [7, 11) is 0. The zero-order chi connectivity index (χ0) is 15.9. The number of rotatable bonds is 6. The molecule has 3 rings (SSSR count).